The summed E-state index contributed by atoms with van der Waals surface area (Å²) in [5.74, 6) is 0.974. The number of carbonyl (C=O) groups is 1. The number of carbonyl (C=O) groups excluding carboxylic acids is 1. The highest BCUT2D eigenvalue weighted by atomic mass is 16.5. The molecular weight excluding hydrogens is 218 g/mol. The van der Waals surface area contributed by atoms with Gasteiger partial charge in [0.15, 0.2) is 0 Å². The molecule has 0 aliphatic carbocycles. The van der Waals surface area contributed by atoms with Crippen molar-refractivity contribution in [1.82, 2.24) is 9.55 Å². The topological polar surface area (TPSA) is 70.1 Å². The third kappa shape index (κ3) is 3.30. The van der Waals surface area contributed by atoms with E-state index >= 15 is 0 Å². The molecule has 1 unspecified atom stereocenters. The van der Waals surface area contributed by atoms with Gasteiger partial charge in [0.05, 0.1) is 7.11 Å². The Morgan fingerprint density at radius 1 is 1.65 bits per heavy atom. The van der Waals surface area contributed by atoms with Crippen LogP contribution in [0.15, 0.2) is 12.4 Å². The number of nitrogens with zero attached hydrogens (tertiary/aromatic N) is 2. The van der Waals surface area contributed by atoms with Crippen LogP contribution in [0.2, 0.25) is 0 Å². The average molecular weight is 239 g/mol. The summed E-state index contributed by atoms with van der Waals surface area (Å²) in [6, 6.07) is 0. The minimum Gasteiger partial charge on any atom is -0.468 e. The predicted molar refractivity (Wildman–Crippen MR) is 65.5 cm³/mol. The highest BCUT2D eigenvalue weighted by Gasteiger charge is 2.29. The van der Waals surface area contributed by atoms with E-state index in [2.05, 4.69) is 23.6 Å². The lowest BCUT2D eigenvalue weighted by molar-refractivity contribution is -0.146. The quantitative estimate of drug-likeness (QED) is 0.786. The van der Waals surface area contributed by atoms with Crippen LogP contribution < -0.4 is 5.73 Å². The van der Waals surface area contributed by atoms with Gasteiger partial charge in [0.1, 0.15) is 11.4 Å². The number of aromatic nitrogens is 2. The van der Waals surface area contributed by atoms with Crippen molar-refractivity contribution in [3.05, 3.63) is 18.2 Å². The molecule has 0 saturated heterocycles. The minimum atomic E-state index is -0.951. The third-order valence-electron chi connectivity index (χ3n) is 2.79. The summed E-state index contributed by atoms with van der Waals surface area (Å²) in [7, 11) is 1.35. The fraction of sp³-hybridized carbons (Fsp3) is 0.667. The summed E-state index contributed by atoms with van der Waals surface area (Å²) in [4.78, 5) is 15.7. The number of hydrogen-bond acceptors (Lipinski definition) is 4. The molecule has 0 aromatic carbocycles. The summed E-state index contributed by atoms with van der Waals surface area (Å²) in [6.07, 6.45) is 4.19. The molecule has 17 heavy (non-hydrogen) atoms. The average Bonchev–Trinajstić information content (AvgIpc) is 2.73. The second-order valence-corrected chi connectivity index (χ2v) is 4.79. The molecule has 0 aliphatic heterocycles. The number of hydrogen-bond donors (Lipinski definition) is 1. The maximum Gasteiger partial charge on any atom is 0.325 e. The maximum atomic E-state index is 11.4. The van der Waals surface area contributed by atoms with Crippen molar-refractivity contribution in [3.63, 3.8) is 0 Å². The molecule has 0 radical (unpaired) electrons. The first-order chi connectivity index (χ1) is 7.88. The van der Waals surface area contributed by atoms with Crippen molar-refractivity contribution >= 4 is 5.97 Å². The summed E-state index contributed by atoms with van der Waals surface area (Å²) in [5, 5.41) is 0. The molecular formula is C12H21N3O2. The first-order valence-corrected chi connectivity index (χ1v) is 5.77. The second kappa shape index (κ2) is 5.31. The highest BCUT2D eigenvalue weighted by molar-refractivity contribution is 5.79. The van der Waals surface area contributed by atoms with Crippen molar-refractivity contribution in [1.29, 1.82) is 0 Å². The molecule has 1 aromatic rings. The van der Waals surface area contributed by atoms with Crippen LogP contribution in [-0.4, -0.2) is 28.2 Å². The number of nitrogens with two attached hydrogens (primary N) is 1. The molecule has 1 atom stereocenters. The zero-order valence-corrected chi connectivity index (χ0v) is 10.9. The molecule has 5 nitrogen and oxygen atoms in total. The number of methoxy groups -OCH3 is 1. The van der Waals surface area contributed by atoms with Gasteiger partial charge in [-0.3, -0.25) is 4.79 Å². The number of imidazole rings is 1. The lowest BCUT2D eigenvalue weighted by atomic mass is 9.99. The number of aryl methyl sites for hydroxylation is 1. The van der Waals surface area contributed by atoms with E-state index in [1.807, 2.05) is 10.8 Å². The lowest BCUT2D eigenvalue weighted by Crippen LogP contribution is -2.46. The van der Waals surface area contributed by atoms with Gasteiger partial charge in [-0.2, -0.15) is 0 Å². The molecule has 5 heteroatoms. The van der Waals surface area contributed by atoms with Crippen molar-refractivity contribution < 1.29 is 9.53 Å². The Hall–Kier alpha value is -1.36. The molecule has 0 amide bonds. The van der Waals surface area contributed by atoms with Crippen molar-refractivity contribution in [2.45, 2.75) is 45.2 Å². The van der Waals surface area contributed by atoms with Gasteiger partial charge in [0.2, 0.25) is 0 Å². The molecule has 0 aliphatic rings. The van der Waals surface area contributed by atoms with Crippen LogP contribution in [0.3, 0.4) is 0 Å². The Morgan fingerprint density at radius 3 is 2.82 bits per heavy atom. The summed E-state index contributed by atoms with van der Waals surface area (Å²) in [5.41, 5.74) is 4.95. The van der Waals surface area contributed by atoms with Crippen molar-refractivity contribution in [3.8, 4) is 0 Å². The number of rotatable bonds is 5. The van der Waals surface area contributed by atoms with Crippen LogP contribution in [0.5, 0.6) is 0 Å². The van der Waals surface area contributed by atoms with Gasteiger partial charge in [-0.1, -0.05) is 13.8 Å². The molecule has 0 saturated carbocycles. The third-order valence-corrected chi connectivity index (χ3v) is 2.79. The molecule has 0 bridgehead atoms. The predicted octanol–water partition coefficient (Wildman–Crippen LogP) is 1.29. The molecule has 0 fully saturated rings. The summed E-state index contributed by atoms with van der Waals surface area (Å²) < 4.78 is 6.70. The first kappa shape index (κ1) is 13.7. The minimum absolute atomic E-state index is 0.354. The number of esters is 1. The molecule has 2 N–H and O–H groups in total. The lowest BCUT2D eigenvalue weighted by Gasteiger charge is -2.22. The van der Waals surface area contributed by atoms with Gasteiger partial charge in [0.25, 0.3) is 0 Å². The van der Waals surface area contributed by atoms with Gasteiger partial charge < -0.3 is 15.0 Å². The van der Waals surface area contributed by atoms with Gasteiger partial charge in [-0.15, -0.1) is 0 Å². The van der Waals surface area contributed by atoms with Gasteiger partial charge in [-0.25, -0.2) is 4.98 Å². The molecule has 1 heterocycles. The Bertz CT molecular complexity index is 383. The zero-order chi connectivity index (χ0) is 13.1. The van der Waals surface area contributed by atoms with E-state index in [0.717, 1.165) is 5.82 Å². The zero-order valence-electron chi connectivity index (χ0n) is 10.9. The monoisotopic (exact) mass is 239 g/mol. The van der Waals surface area contributed by atoms with E-state index in [9.17, 15) is 4.79 Å². The smallest absolute Gasteiger partial charge is 0.325 e. The Balaban J connectivity index is 2.67. The van der Waals surface area contributed by atoms with E-state index in [1.54, 1.807) is 13.1 Å². The Kier molecular flexibility index (Phi) is 4.28. The van der Waals surface area contributed by atoms with Gasteiger partial charge in [0, 0.05) is 24.9 Å². The Labute approximate surface area is 102 Å². The van der Waals surface area contributed by atoms with E-state index in [-0.39, 0.29) is 5.97 Å². The van der Waals surface area contributed by atoms with Gasteiger partial charge >= 0.3 is 5.97 Å². The molecule has 0 spiro atoms. The SMILES string of the molecule is COC(=O)C(C)(N)CCn1ccnc1C(C)C. The van der Waals surface area contributed by atoms with Crippen LogP contribution in [0.1, 0.15) is 38.9 Å². The van der Waals surface area contributed by atoms with Crippen LogP contribution in [0.4, 0.5) is 0 Å². The van der Waals surface area contributed by atoms with Crippen LogP contribution in [-0.2, 0) is 16.1 Å². The molecule has 96 valence electrons. The van der Waals surface area contributed by atoms with E-state index in [1.165, 1.54) is 7.11 Å². The highest BCUT2D eigenvalue weighted by Crippen LogP contribution is 2.15. The molecule has 1 aromatic heterocycles. The molecule has 1 rings (SSSR count). The fourth-order valence-corrected chi connectivity index (χ4v) is 1.70. The normalized spacial score (nSPS) is 14.7. The van der Waals surface area contributed by atoms with E-state index in [4.69, 9.17) is 5.73 Å². The fourth-order valence-electron chi connectivity index (χ4n) is 1.70. The Morgan fingerprint density at radius 2 is 2.29 bits per heavy atom. The largest absolute Gasteiger partial charge is 0.468 e. The van der Waals surface area contributed by atoms with E-state index < -0.39 is 5.54 Å². The van der Waals surface area contributed by atoms with Gasteiger partial charge in [-0.05, 0) is 13.3 Å². The first-order valence-electron chi connectivity index (χ1n) is 5.77. The standard InChI is InChI=1S/C12H21N3O2/c1-9(2)10-14-6-8-15(10)7-5-12(3,13)11(16)17-4/h6,8-9H,5,7,13H2,1-4H3. The second-order valence-electron chi connectivity index (χ2n) is 4.79. The number of ether oxygens (including phenoxy) is 1. The van der Waals surface area contributed by atoms with Crippen LogP contribution >= 0.6 is 0 Å². The summed E-state index contributed by atoms with van der Waals surface area (Å²) in [6.45, 7) is 6.52. The maximum absolute atomic E-state index is 11.4. The van der Waals surface area contributed by atoms with Crippen LogP contribution in [0, 0.1) is 0 Å². The van der Waals surface area contributed by atoms with Crippen molar-refractivity contribution in [2.24, 2.45) is 5.73 Å². The summed E-state index contributed by atoms with van der Waals surface area (Å²) >= 11 is 0. The van der Waals surface area contributed by atoms with Crippen LogP contribution in [0.25, 0.3) is 0 Å². The van der Waals surface area contributed by atoms with Crippen molar-refractivity contribution in [2.75, 3.05) is 7.11 Å². The van der Waals surface area contributed by atoms with E-state index in [0.29, 0.717) is 18.9 Å².